The number of halogens is 1. The fourth-order valence-electron chi connectivity index (χ4n) is 3.65. The molecule has 1 aliphatic heterocycles. The lowest BCUT2D eigenvalue weighted by molar-refractivity contribution is 0.0712. The van der Waals surface area contributed by atoms with Crippen LogP contribution in [0.2, 0.25) is 0 Å². The van der Waals surface area contributed by atoms with Gasteiger partial charge in [-0.2, -0.15) is 0 Å². The van der Waals surface area contributed by atoms with E-state index in [0.717, 1.165) is 24.2 Å². The molecule has 1 atom stereocenters. The van der Waals surface area contributed by atoms with E-state index in [1.807, 2.05) is 19.1 Å². The van der Waals surface area contributed by atoms with Crippen LogP contribution in [0.3, 0.4) is 0 Å². The summed E-state index contributed by atoms with van der Waals surface area (Å²) in [5.74, 6) is -0.591. The van der Waals surface area contributed by atoms with Gasteiger partial charge in [-0.05, 0) is 56.2 Å². The fourth-order valence-corrected chi connectivity index (χ4v) is 3.65. The van der Waals surface area contributed by atoms with E-state index >= 15 is 0 Å². The van der Waals surface area contributed by atoms with E-state index in [-0.39, 0.29) is 28.9 Å². The maximum atomic E-state index is 13.1. The first-order valence-corrected chi connectivity index (χ1v) is 9.32. The minimum atomic E-state index is -0.346. The standard InChI is InChI=1S/C21H21FN4O2/c1-14-4-2-6-19-23-12-18(21(28)26(14)19)20(27)25-11-3-5-17(13-25)24-16-9-7-15(22)8-10-16/h2,4,6-10,12,17,24H,3,5,11,13H2,1H3/t17-/m0/s1. The van der Waals surface area contributed by atoms with Crippen molar-refractivity contribution in [1.29, 1.82) is 0 Å². The van der Waals surface area contributed by atoms with Crippen molar-refractivity contribution in [1.82, 2.24) is 14.3 Å². The summed E-state index contributed by atoms with van der Waals surface area (Å²) in [7, 11) is 0. The van der Waals surface area contributed by atoms with Crippen LogP contribution in [0.4, 0.5) is 10.1 Å². The Hall–Kier alpha value is -3.22. The summed E-state index contributed by atoms with van der Waals surface area (Å²) < 4.78 is 14.5. The lowest BCUT2D eigenvalue weighted by atomic mass is 10.0. The Morgan fingerprint density at radius 3 is 2.79 bits per heavy atom. The van der Waals surface area contributed by atoms with Gasteiger partial charge in [0.05, 0.1) is 0 Å². The second-order valence-electron chi connectivity index (χ2n) is 7.08. The molecule has 0 saturated carbocycles. The van der Waals surface area contributed by atoms with Gasteiger partial charge in [-0.1, -0.05) is 6.07 Å². The molecular formula is C21H21FN4O2. The highest BCUT2D eigenvalue weighted by atomic mass is 19.1. The highest BCUT2D eigenvalue weighted by molar-refractivity contribution is 5.94. The highest BCUT2D eigenvalue weighted by Gasteiger charge is 2.26. The van der Waals surface area contributed by atoms with Gasteiger partial charge in [0.1, 0.15) is 17.0 Å². The molecule has 4 rings (SSSR count). The van der Waals surface area contributed by atoms with Gasteiger partial charge in [0, 0.05) is 36.7 Å². The molecule has 0 spiro atoms. The maximum Gasteiger partial charge on any atom is 0.270 e. The van der Waals surface area contributed by atoms with E-state index in [9.17, 15) is 14.0 Å². The Kier molecular flexibility index (Phi) is 4.81. The highest BCUT2D eigenvalue weighted by Crippen LogP contribution is 2.18. The number of pyridine rings is 1. The van der Waals surface area contributed by atoms with Crippen LogP contribution >= 0.6 is 0 Å². The predicted molar refractivity (Wildman–Crippen MR) is 105 cm³/mol. The number of nitrogens with one attached hydrogen (secondary N) is 1. The summed E-state index contributed by atoms with van der Waals surface area (Å²) in [5, 5.41) is 3.34. The first-order chi connectivity index (χ1) is 13.5. The van der Waals surface area contributed by atoms with Gasteiger partial charge in [-0.3, -0.25) is 14.0 Å². The van der Waals surface area contributed by atoms with Gasteiger partial charge < -0.3 is 10.2 Å². The summed E-state index contributed by atoms with van der Waals surface area (Å²) in [6.07, 6.45) is 3.09. The minimum absolute atomic E-state index is 0.0427. The molecule has 28 heavy (non-hydrogen) atoms. The maximum absolute atomic E-state index is 13.1. The first-order valence-electron chi connectivity index (χ1n) is 9.32. The van der Waals surface area contributed by atoms with Crippen LogP contribution in [0.25, 0.3) is 5.65 Å². The molecule has 0 bridgehead atoms. The second-order valence-corrected chi connectivity index (χ2v) is 7.08. The largest absolute Gasteiger partial charge is 0.381 e. The summed E-state index contributed by atoms with van der Waals surface area (Å²) in [6, 6.07) is 11.6. The molecule has 0 radical (unpaired) electrons. The van der Waals surface area contributed by atoms with Crippen molar-refractivity contribution < 1.29 is 9.18 Å². The van der Waals surface area contributed by atoms with Crippen LogP contribution in [0.1, 0.15) is 28.9 Å². The molecule has 2 aromatic heterocycles. The second kappa shape index (κ2) is 7.42. The fraction of sp³-hybridized carbons (Fsp3) is 0.286. The molecule has 1 N–H and O–H groups in total. The molecular weight excluding hydrogens is 359 g/mol. The quantitative estimate of drug-likeness (QED) is 0.759. The van der Waals surface area contributed by atoms with Crippen molar-refractivity contribution in [3.05, 3.63) is 76.1 Å². The van der Waals surface area contributed by atoms with Crippen LogP contribution in [0.15, 0.2) is 53.5 Å². The van der Waals surface area contributed by atoms with Crippen LogP contribution in [-0.4, -0.2) is 39.3 Å². The monoisotopic (exact) mass is 380 g/mol. The Balaban J connectivity index is 1.55. The topological polar surface area (TPSA) is 66.7 Å². The van der Waals surface area contributed by atoms with Crippen molar-refractivity contribution in [3.8, 4) is 0 Å². The number of carbonyl (C=O) groups excluding carboxylic acids is 1. The Labute approximate surface area is 161 Å². The van der Waals surface area contributed by atoms with E-state index in [1.54, 1.807) is 23.1 Å². The van der Waals surface area contributed by atoms with Crippen molar-refractivity contribution in [3.63, 3.8) is 0 Å². The molecule has 3 heterocycles. The van der Waals surface area contributed by atoms with Crippen molar-refractivity contribution >= 4 is 17.2 Å². The van der Waals surface area contributed by atoms with Crippen molar-refractivity contribution in [2.24, 2.45) is 0 Å². The number of amides is 1. The number of nitrogens with zero attached hydrogens (tertiary/aromatic N) is 3. The lowest BCUT2D eigenvalue weighted by Crippen LogP contribution is -2.46. The average molecular weight is 380 g/mol. The number of rotatable bonds is 3. The van der Waals surface area contributed by atoms with Crippen LogP contribution < -0.4 is 10.9 Å². The lowest BCUT2D eigenvalue weighted by Gasteiger charge is -2.33. The molecule has 1 aromatic carbocycles. The number of fused-ring (bicyclic) bond motifs is 1. The van der Waals surface area contributed by atoms with Gasteiger partial charge in [-0.25, -0.2) is 9.37 Å². The minimum Gasteiger partial charge on any atom is -0.381 e. The van der Waals surface area contributed by atoms with E-state index < -0.39 is 0 Å². The molecule has 1 saturated heterocycles. The first kappa shape index (κ1) is 18.2. The zero-order chi connectivity index (χ0) is 19.7. The molecule has 6 nitrogen and oxygen atoms in total. The number of hydrogen-bond donors (Lipinski definition) is 1. The smallest absolute Gasteiger partial charge is 0.270 e. The number of piperidine rings is 1. The van der Waals surface area contributed by atoms with Gasteiger partial charge in [0.15, 0.2) is 0 Å². The molecule has 144 valence electrons. The van der Waals surface area contributed by atoms with Crippen molar-refractivity contribution in [2.45, 2.75) is 25.8 Å². The van der Waals surface area contributed by atoms with Gasteiger partial charge >= 0.3 is 0 Å². The molecule has 1 amide bonds. The van der Waals surface area contributed by atoms with Gasteiger partial charge in [0.2, 0.25) is 0 Å². The Bertz CT molecular complexity index is 1080. The Morgan fingerprint density at radius 1 is 1.21 bits per heavy atom. The van der Waals surface area contributed by atoms with Gasteiger partial charge in [-0.15, -0.1) is 0 Å². The molecule has 0 aliphatic carbocycles. The number of anilines is 1. The van der Waals surface area contributed by atoms with Crippen LogP contribution in [0, 0.1) is 12.7 Å². The number of aromatic nitrogens is 2. The number of likely N-dealkylation sites (tertiary alicyclic amines) is 1. The molecule has 7 heteroatoms. The normalized spacial score (nSPS) is 16.9. The number of benzene rings is 1. The number of aryl methyl sites for hydroxylation is 1. The van der Waals surface area contributed by atoms with E-state index in [4.69, 9.17) is 0 Å². The molecule has 1 fully saturated rings. The third-order valence-corrected chi connectivity index (χ3v) is 5.08. The molecule has 0 unspecified atom stereocenters. The van der Waals surface area contributed by atoms with E-state index in [2.05, 4.69) is 10.3 Å². The average Bonchev–Trinajstić information content (AvgIpc) is 2.70. The molecule has 3 aromatic rings. The zero-order valence-electron chi connectivity index (χ0n) is 15.6. The summed E-state index contributed by atoms with van der Waals surface area (Å²) in [4.78, 5) is 31.8. The number of hydrogen-bond acceptors (Lipinski definition) is 4. The number of carbonyl (C=O) groups is 1. The van der Waals surface area contributed by atoms with E-state index in [0.29, 0.717) is 18.7 Å². The SMILES string of the molecule is Cc1cccc2ncc(C(=O)N3CCC[C@H](Nc4ccc(F)cc4)C3)c(=O)n12. The predicted octanol–water partition coefficient (Wildman–Crippen LogP) is 2.86. The summed E-state index contributed by atoms with van der Waals surface area (Å²) >= 11 is 0. The van der Waals surface area contributed by atoms with Gasteiger partial charge in [0.25, 0.3) is 11.5 Å². The van der Waals surface area contributed by atoms with Crippen molar-refractivity contribution in [2.75, 3.05) is 18.4 Å². The third kappa shape index (κ3) is 3.47. The van der Waals surface area contributed by atoms with E-state index in [1.165, 1.54) is 22.7 Å². The zero-order valence-corrected chi connectivity index (χ0v) is 15.6. The van der Waals surface area contributed by atoms with Crippen LogP contribution in [-0.2, 0) is 0 Å². The molecule has 1 aliphatic rings. The summed E-state index contributed by atoms with van der Waals surface area (Å²) in [6.45, 7) is 2.89. The van der Waals surface area contributed by atoms with Crippen LogP contribution in [0.5, 0.6) is 0 Å². The third-order valence-electron chi connectivity index (χ3n) is 5.08. The summed E-state index contributed by atoms with van der Waals surface area (Å²) in [5.41, 5.74) is 1.80. The Morgan fingerprint density at radius 2 is 2.00 bits per heavy atom.